The molecule has 19 heavy (non-hydrogen) atoms. The number of hydrogen-bond donors (Lipinski definition) is 2. The van der Waals surface area contributed by atoms with Crippen molar-refractivity contribution in [3.8, 4) is 11.8 Å². The molecular formula is C13H15ClN2O3. The monoisotopic (exact) mass is 282 g/mol. The van der Waals surface area contributed by atoms with Gasteiger partial charge < -0.3 is 10.2 Å². The van der Waals surface area contributed by atoms with E-state index in [0.29, 0.717) is 17.1 Å². The van der Waals surface area contributed by atoms with Gasteiger partial charge in [-0.1, -0.05) is 18.5 Å². The SMILES string of the molecule is CCN(CCC(=O)O)C(C#N)c1cc(Cl)ccc1O. The van der Waals surface area contributed by atoms with Gasteiger partial charge in [-0.15, -0.1) is 0 Å². The molecule has 0 aliphatic heterocycles. The van der Waals surface area contributed by atoms with Crippen LogP contribution in [-0.2, 0) is 4.79 Å². The lowest BCUT2D eigenvalue weighted by atomic mass is 10.0. The molecule has 0 radical (unpaired) electrons. The molecule has 0 amide bonds. The molecule has 102 valence electrons. The molecule has 0 saturated carbocycles. The fraction of sp³-hybridized carbons (Fsp3) is 0.385. The molecule has 1 atom stereocenters. The summed E-state index contributed by atoms with van der Waals surface area (Å²) in [4.78, 5) is 12.3. The van der Waals surface area contributed by atoms with Gasteiger partial charge in [0.2, 0.25) is 0 Å². The standard InChI is InChI=1S/C13H15ClN2O3/c1-2-16(6-5-13(18)19)11(8-15)10-7-9(14)3-4-12(10)17/h3-4,7,11,17H,2,5-6H2,1H3,(H,18,19). The van der Waals surface area contributed by atoms with Crippen molar-refractivity contribution in [2.24, 2.45) is 0 Å². The molecule has 1 aromatic carbocycles. The molecule has 1 unspecified atom stereocenters. The maximum atomic E-state index is 10.6. The fourth-order valence-corrected chi connectivity index (χ4v) is 1.98. The first-order chi connectivity index (χ1) is 8.99. The van der Waals surface area contributed by atoms with Gasteiger partial charge in [-0.2, -0.15) is 5.26 Å². The van der Waals surface area contributed by atoms with Gasteiger partial charge in [0.05, 0.1) is 12.5 Å². The first kappa shape index (κ1) is 15.3. The minimum Gasteiger partial charge on any atom is -0.508 e. The molecule has 0 bridgehead atoms. The Bertz CT molecular complexity index is 499. The van der Waals surface area contributed by atoms with Gasteiger partial charge in [0.1, 0.15) is 11.8 Å². The van der Waals surface area contributed by atoms with Crippen molar-refractivity contribution in [3.05, 3.63) is 28.8 Å². The third kappa shape index (κ3) is 4.12. The lowest BCUT2D eigenvalue weighted by Crippen LogP contribution is -2.30. The number of nitriles is 1. The van der Waals surface area contributed by atoms with E-state index in [9.17, 15) is 15.2 Å². The number of carbonyl (C=O) groups is 1. The van der Waals surface area contributed by atoms with E-state index in [1.54, 1.807) is 4.90 Å². The molecule has 0 heterocycles. The van der Waals surface area contributed by atoms with Gasteiger partial charge in [-0.3, -0.25) is 9.69 Å². The number of phenols is 1. The number of rotatable bonds is 6. The van der Waals surface area contributed by atoms with Crippen LogP contribution in [0.5, 0.6) is 5.75 Å². The van der Waals surface area contributed by atoms with Crippen LogP contribution in [0.1, 0.15) is 24.9 Å². The van der Waals surface area contributed by atoms with Gasteiger partial charge in [0.15, 0.2) is 0 Å². The van der Waals surface area contributed by atoms with E-state index < -0.39 is 12.0 Å². The molecule has 1 aromatic rings. The maximum absolute atomic E-state index is 10.6. The molecule has 2 N–H and O–H groups in total. The normalized spacial score (nSPS) is 12.1. The minimum atomic E-state index is -0.926. The van der Waals surface area contributed by atoms with Crippen LogP contribution in [0.2, 0.25) is 5.02 Å². The summed E-state index contributed by atoms with van der Waals surface area (Å²) in [6.45, 7) is 2.56. The number of carboxylic acids is 1. The van der Waals surface area contributed by atoms with E-state index in [4.69, 9.17) is 16.7 Å². The number of carboxylic acid groups (broad SMARTS) is 1. The van der Waals surface area contributed by atoms with Crippen molar-refractivity contribution in [1.82, 2.24) is 4.90 Å². The summed E-state index contributed by atoms with van der Waals surface area (Å²) in [7, 11) is 0. The highest BCUT2D eigenvalue weighted by Gasteiger charge is 2.22. The van der Waals surface area contributed by atoms with Crippen molar-refractivity contribution in [1.29, 1.82) is 5.26 Å². The highest BCUT2D eigenvalue weighted by Crippen LogP contribution is 2.30. The van der Waals surface area contributed by atoms with Crippen LogP contribution >= 0.6 is 11.6 Å². The summed E-state index contributed by atoms with van der Waals surface area (Å²) in [5.41, 5.74) is 0.391. The van der Waals surface area contributed by atoms with Crippen molar-refractivity contribution in [2.75, 3.05) is 13.1 Å². The van der Waals surface area contributed by atoms with E-state index in [1.807, 2.05) is 6.92 Å². The quantitative estimate of drug-likeness (QED) is 0.837. The molecule has 1 rings (SSSR count). The number of aliphatic carboxylic acids is 1. The third-order valence-corrected chi connectivity index (χ3v) is 3.03. The first-order valence-corrected chi connectivity index (χ1v) is 6.21. The van der Waals surface area contributed by atoms with E-state index >= 15 is 0 Å². The third-order valence-electron chi connectivity index (χ3n) is 2.79. The number of benzene rings is 1. The largest absolute Gasteiger partial charge is 0.508 e. The average Bonchev–Trinajstić information content (AvgIpc) is 2.37. The summed E-state index contributed by atoms with van der Waals surface area (Å²) in [5.74, 6) is -0.949. The van der Waals surface area contributed by atoms with Gasteiger partial charge in [-0.25, -0.2) is 0 Å². The van der Waals surface area contributed by atoms with Gasteiger partial charge in [0, 0.05) is 17.1 Å². The topological polar surface area (TPSA) is 84.6 Å². The Balaban J connectivity index is 3.00. The Morgan fingerprint density at radius 3 is 2.79 bits per heavy atom. The Labute approximate surface area is 116 Å². The number of aromatic hydroxyl groups is 1. The number of nitrogens with zero attached hydrogens (tertiary/aromatic N) is 2. The zero-order chi connectivity index (χ0) is 14.4. The Morgan fingerprint density at radius 2 is 2.26 bits per heavy atom. The van der Waals surface area contributed by atoms with E-state index in [1.165, 1.54) is 18.2 Å². The maximum Gasteiger partial charge on any atom is 0.304 e. The predicted molar refractivity (Wildman–Crippen MR) is 71.0 cm³/mol. The van der Waals surface area contributed by atoms with Crippen LogP contribution in [0.25, 0.3) is 0 Å². The van der Waals surface area contributed by atoms with Gasteiger partial charge >= 0.3 is 5.97 Å². The summed E-state index contributed by atoms with van der Waals surface area (Å²) < 4.78 is 0. The van der Waals surface area contributed by atoms with Crippen molar-refractivity contribution in [2.45, 2.75) is 19.4 Å². The smallest absolute Gasteiger partial charge is 0.304 e. The first-order valence-electron chi connectivity index (χ1n) is 5.83. The highest BCUT2D eigenvalue weighted by molar-refractivity contribution is 6.30. The van der Waals surface area contributed by atoms with Crippen LogP contribution in [0, 0.1) is 11.3 Å². The molecule has 6 heteroatoms. The van der Waals surface area contributed by atoms with E-state index in [2.05, 4.69) is 6.07 Å². The van der Waals surface area contributed by atoms with Crippen LogP contribution < -0.4 is 0 Å². The second-order valence-electron chi connectivity index (χ2n) is 4.01. The Kier molecular flexibility index (Phi) is 5.61. The zero-order valence-electron chi connectivity index (χ0n) is 10.5. The van der Waals surface area contributed by atoms with Gasteiger partial charge in [-0.05, 0) is 24.7 Å². The summed E-state index contributed by atoms with van der Waals surface area (Å²) in [5, 5.41) is 28.2. The summed E-state index contributed by atoms with van der Waals surface area (Å²) in [6, 6.07) is 5.83. The Morgan fingerprint density at radius 1 is 1.58 bits per heavy atom. The fourth-order valence-electron chi connectivity index (χ4n) is 1.80. The molecule has 0 aliphatic carbocycles. The van der Waals surface area contributed by atoms with Crippen LogP contribution in [0.15, 0.2) is 18.2 Å². The minimum absolute atomic E-state index is 0.0234. The second kappa shape index (κ2) is 6.98. The molecule has 0 aromatic heterocycles. The van der Waals surface area contributed by atoms with Crippen molar-refractivity contribution in [3.63, 3.8) is 0 Å². The lowest BCUT2D eigenvalue weighted by molar-refractivity contribution is -0.137. The van der Waals surface area contributed by atoms with Crippen LogP contribution in [0.4, 0.5) is 0 Å². The predicted octanol–water partition coefficient (Wildman–Crippen LogP) is 2.41. The van der Waals surface area contributed by atoms with Crippen LogP contribution in [0.3, 0.4) is 0 Å². The molecular weight excluding hydrogens is 268 g/mol. The van der Waals surface area contributed by atoms with Crippen molar-refractivity contribution >= 4 is 17.6 Å². The van der Waals surface area contributed by atoms with Crippen LogP contribution in [-0.4, -0.2) is 34.2 Å². The molecule has 0 spiro atoms. The highest BCUT2D eigenvalue weighted by atomic mass is 35.5. The van der Waals surface area contributed by atoms with Gasteiger partial charge in [0.25, 0.3) is 0 Å². The number of hydrogen-bond acceptors (Lipinski definition) is 4. The molecule has 5 nitrogen and oxygen atoms in total. The average molecular weight is 283 g/mol. The molecule has 0 saturated heterocycles. The number of phenolic OH excluding ortho intramolecular Hbond substituents is 1. The van der Waals surface area contributed by atoms with E-state index in [0.717, 1.165) is 0 Å². The second-order valence-corrected chi connectivity index (χ2v) is 4.44. The lowest BCUT2D eigenvalue weighted by Gasteiger charge is -2.25. The summed E-state index contributed by atoms with van der Waals surface area (Å²) >= 11 is 5.86. The zero-order valence-corrected chi connectivity index (χ0v) is 11.3. The van der Waals surface area contributed by atoms with E-state index in [-0.39, 0.29) is 18.7 Å². The summed E-state index contributed by atoms with van der Waals surface area (Å²) in [6.07, 6.45) is -0.0622. The molecule has 0 aliphatic rings. The number of halogens is 1. The van der Waals surface area contributed by atoms with Crippen molar-refractivity contribution < 1.29 is 15.0 Å². The Hall–Kier alpha value is -1.77. The molecule has 0 fully saturated rings.